The van der Waals surface area contributed by atoms with Crippen molar-refractivity contribution in [3.63, 3.8) is 0 Å². The summed E-state index contributed by atoms with van der Waals surface area (Å²) in [6.45, 7) is 0.368. The van der Waals surface area contributed by atoms with Crippen LogP contribution >= 0.6 is 0 Å². The summed E-state index contributed by atoms with van der Waals surface area (Å²) in [6, 6.07) is 11.7. The van der Waals surface area contributed by atoms with Crippen LogP contribution in [-0.4, -0.2) is 20.3 Å². The summed E-state index contributed by atoms with van der Waals surface area (Å²) in [5.41, 5.74) is 2.38. The molecule has 7 heteroatoms. The van der Waals surface area contributed by atoms with E-state index in [4.69, 9.17) is 4.42 Å². The van der Waals surface area contributed by atoms with Crippen LogP contribution in [0, 0.1) is 5.82 Å². The smallest absolute Gasteiger partial charge is 0.220 e. The molecule has 0 unspecified atom stereocenters. The van der Waals surface area contributed by atoms with Gasteiger partial charge in [-0.25, -0.2) is 14.4 Å². The highest BCUT2D eigenvalue weighted by Gasteiger charge is 2.10. The molecule has 0 saturated carbocycles. The fourth-order valence-corrected chi connectivity index (χ4v) is 2.74. The van der Waals surface area contributed by atoms with Crippen molar-refractivity contribution in [3.05, 3.63) is 78.5 Å². The average Bonchev–Trinajstić information content (AvgIpc) is 3.32. The Morgan fingerprint density at radius 3 is 2.85 bits per heavy atom. The van der Waals surface area contributed by atoms with Crippen LogP contribution in [0.4, 0.5) is 4.39 Å². The molecule has 0 radical (unpaired) electrons. The maximum absolute atomic E-state index is 13.0. The maximum atomic E-state index is 13.0. The first-order valence-corrected chi connectivity index (χ1v) is 8.57. The van der Waals surface area contributed by atoms with Gasteiger partial charge in [0.05, 0.1) is 18.4 Å². The van der Waals surface area contributed by atoms with Crippen LogP contribution in [0.2, 0.25) is 0 Å². The number of imidazole rings is 1. The Morgan fingerprint density at radius 2 is 2.04 bits per heavy atom. The molecule has 0 saturated heterocycles. The van der Waals surface area contributed by atoms with Gasteiger partial charge in [-0.3, -0.25) is 4.79 Å². The number of carbonyl (C=O) groups is 1. The van der Waals surface area contributed by atoms with Crippen molar-refractivity contribution in [2.24, 2.45) is 0 Å². The molecule has 6 nitrogen and oxygen atoms in total. The number of pyridine rings is 1. The van der Waals surface area contributed by atoms with E-state index in [1.807, 2.05) is 35.0 Å². The molecule has 1 aromatic carbocycles. The Labute approximate surface area is 154 Å². The van der Waals surface area contributed by atoms with E-state index in [-0.39, 0.29) is 18.1 Å². The molecule has 4 aromatic rings. The number of fused-ring (bicyclic) bond motifs is 1. The predicted molar refractivity (Wildman–Crippen MR) is 97.3 cm³/mol. The van der Waals surface area contributed by atoms with E-state index in [2.05, 4.69) is 15.3 Å². The van der Waals surface area contributed by atoms with E-state index in [1.165, 1.54) is 12.1 Å². The Bertz CT molecular complexity index is 1040. The lowest BCUT2D eigenvalue weighted by atomic mass is 10.2. The number of oxazole rings is 1. The minimum Gasteiger partial charge on any atom is -0.441 e. The Kier molecular flexibility index (Phi) is 4.65. The van der Waals surface area contributed by atoms with Crippen molar-refractivity contribution < 1.29 is 13.6 Å². The highest BCUT2D eigenvalue weighted by Crippen LogP contribution is 2.21. The predicted octanol–water partition coefficient (Wildman–Crippen LogP) is 3.38. The molecule has 1 amide bonds. The van der Waals surface area contributed by atoms with Crippen LogP contribution in [0.3, 0.4) is 0 Å². The van der Waals surface area contributed by atoms with E-state index >= 15 is 0 Å². The van der Waals surface area contributed by atoms with Crippen LogP contribution < -0.4 is 5.32 Å². The second kappa shape index (κ2) is 7.41. The van der Waals surface area contributed by atoms with Gasteiger partial charge in [-0.05, 0) is 36.4 Å². The molecular formula is C20H17FN4O2. The van der Waals surface area contributed by atoms with E-state index in [9.17, 15) is 9.18 Å². The molecule has 3 aromatic heterocycles. The molecule has 0 aliphatic rings. The van der Waals surface area contributed by atoms with Gasteiger partial charge >= 0.3 is 0 Å². The fourth-order valence-electron chi connectivity index (χ4n) is 2.74. The number of rotatable bonds is 6. The molecule has 27 heavy (non-hydrogen) atoms. The first kappa shape index (κ1) is 17.0. The molecule has 4 rings (SSSR count). The van der Waals surface area contributed by atoms with Gasteiger partial charge < -0.3 is 14.1 Å². The number of aromatic nitrogens is 3. The summed E-state index contributed by atoms with van der Waals surface area (Å²) in [7, 11) is 0. The molecule has 0 spiro atoms. The number of benzene rings is 1. The summed E-state index contributed by atoms with van der Waals surface area (Å²) in [5.74, 6) is 0.613. The zero-order chi connectivity index (χ0) is 18.6. The topological polar surface area (TPSA) is 72.4 Å². The monoisotopic (exact) mass is 364 g/mol. The minimum absolute atomic E-state index is 0.103. The highest BCUT2D eigenvalue weighted by molar-refractivity contribution is 5.76. The summed E-state index contributed by atoms with van der Waals surface area (Å²) < 4.78 is 20.5. The van der Waals surface area contributed by atoms with Gasteiger partial charge in [-0.2, -0.15) is 0 Å². The molecule has 0 atom stereocenters. The number of nitrogens with one attached hydrogen (secondary N) is 1. The molecule has 3 heterocycles. The largest absolute Gasteiger partial charge is 0.441 e. The molecule has 0 bridgehead atoms. The van der Waals surface area contributed by atoms with Crippen LogP contribution in [0.1, 0.15) is 18.0 Å². The van der Waals surface area contributed by atoms with Crippen LogP contribution in [0.15, 0.2) is 65.5 Å². The second-order valence-corrected chi connectivity index (χ2v) is 6.10. The standard InChI is InChI=1S/C20H17FN4O2/c21-15-6-4-14(5-7-15)17-12-23-20(27-17)9-8-19(26)22-11-16-13-25-10-2-1-3-18(25)24-16/h1-7,10,12-13H,8-9,11H2,(H,22,26). The van der Waals surface area contributed by atoms with E-state index in [0.29, 0.717) is 24.6 Å². The summed E-state index contributed by atoms with van der Waals surface area (Å²) >= 11 is 0. The Balaban J connectivity index is 1.29. The maximum Gasteiger partial charge on any atom is 0.220 e. The van der Waals surface area contributed by atoms with Crippen molar-refractivity contribution >= 4 is 11.6 Å². The average molecular weight is 364 g/mol. The van der Waals surface area contributed by atoms with Gasteiger partial charge in [0.25, 0.3) is 0 Å². The van der Waals surface area contributed by atoms with Gasteiger partial charge in [0.1, 0.15) is 11.5 Å². The number of nitrogens with zero attached hydrogens (tertiary/aromatic N) is 3. The first-order chi connectivity index (χ1) is 13.2. The van der Waals surface area contributed by atoms with Crippen molar-refractivity contribution in [3.8, 4) is 11.3 Å². The normalized spacial score (nSPS) is 11.0. The Morgan fingerprint density at radius 1 is 1.19 bits per heavy atom. The van der Waals surface area contributed by atoms with Crippen LogP contribution in [0.25, 0.3) is 17.0 Å². The summed E-state index contributed by atoms with van der Waals surface area (Å²) in [6.07, 6.45) is 6.03. The molecule has 136 valence electrons. The van der Waals surface area contributed by atoms with E-state index in [1.54, 1.807) is 18.3 Å². The number of hydrogen-bond donors (Lipinski definition) is 1. The van der Waals surface area contributed by atoms with Gasteiger partial charge in [0.15, 0.2) is 11.7 Å². The lowest BCUT2D eigenvalue weighted by Gasteiger charge is -2.01. The zero-order valence-electron chi connectivity index (χ0n) is 14.4. The first-order valence-electron chi connectivity index (χ1n) is 8.57. The van der Waals surface area contributed by atoms with Gasteiger partial charge in [-0.1, -0.05) is 6.07 Å². The van der Waals surface area contributed by atoms with Crippen molar-refractivity contribution in [1.82, 2.24) is 19.7 Å². The van der Waals surface area contributed by atoms with Crippen LogP contribution in [0.5, 0.6) is 0 Å². The lowest BCUT2D eigenvalue weighted by molar-refractivity contribution is -0.121. The Hall–Kier alpha value is -3.48. The summed E-state index contributed by atoms with van der Waals surface area (Å²) in [5, 5.41) is 2.85. The molecular weight excluding hydrogens is 347 g/mol. The van der Waals surface area contributed by atoms with Crippen LogP contribution in [-0.2, 0) is 17.8 Å². The van der Waals surface area contributed by atoms with Gasteiger partial charge in [0.2, 0.25) is 5.91 Å². The molecule has 1 N–H and O–H groups in total. The van der Waals surface area contributed by atoms with Crippen molar-refractivity contribution in [2.75, 3.05) is 0 Å². The summed E-state index contributed by atoms with van der Waals surface area (Å²) in [4.78, 5) is 20.7. The third-order valence-electron chi connectivity index (χ3n) is 4.13. The molecule has 0 aliphatic heterocycles. The lowest BCUT2D eigenvalue weighted by Crippen LogP contribution is -2.23. The fraction of sp³-hybridized carbons (Fsp3) is 0.150. The second-order valence-electron chi connectivity index (χ2n) is 6.10. The third-order valence-corrected chi connectivity index (χ3v) is 4.13. The number of hydrogen-bond acceptors (Lipinski definition) is 4. The molecule has 0 aliphatic carbocycles. The van der Waals surface area contributed by atoms with E-state index < -0.39 is 0 Å². The number of aryl methyl sites for hydroxylation is 1. The van der Waals surface area contributed by atoms with Crippen molar-refractivity contribution in [2.45, 2.75) is 19.4 Å². The van der Waals surface area contributed by atoms with Crippen molar-refractivity contribution in [1.29, 1.82) is 0 Å². The quantitative estimate of drug-likeness (QED) is 0.569. The minimum atomic E-state index is -0.305. The highest BCUT2D eigenvalue weighted by atomic mass is 19.1. The SMILES string of the molecule is O=C(CCc1ncc(-c2ccc(F)cc2)o1)NCc1cn2ccccc2n1. The number of halogens is 1. The third kappa shape index (κ3) is 4.03. The number of amides is 1. The molecule has 0 fully saturated rings. The van der Waals surface area contributed by atoms with Gasteiger partial charge in [0, 0.05) is 30.8 Å². The number of carbonyl (C=O) groups excluding carboxylic acids is 1. The van der Waals surface area contributed by atoms with Gasteiger partial charge in [-0.15, -0.1) is 0 Å². The van der Waals surface area contributed by atoms with E-state index in [0.717, 1.165) is 16.9 Å². The zero-order valence-corrected chi connectivity index (χ0v) is 14.4.